The van der Waals surface area contributed by atoms with Crippen LogP contribution in [-0.4, -0.2) is 46.7 Å². The molecule has 7 nitrogen and oxygen atoms in total. The summed E-state index contributed by atoms with van der Waals surface area (Å²) in [6.45, 7) is 0.0299. The summed E-state index contributed by atoms with van der Waals surface area (Å²) in [6.07, 6.45) is 1.91. The number of rotatable bonds is 9. The summed E-state index contributed by atoms with van der Waals surface area (Å²) >= 11 is 6.06. The van der Waals surface area contributed by atoms with Gasteiger partial charge in [0.1, 0.15) is 5.75 Å². The number of nitrogens with one attached hydrogen (secondary N) is 1. The summed E-state index contributed by atoms with van der Waals surface area (Å²) in [4.78, 5) is 26.4. The molecule has 0 aliphatic heterocycles. The third-order valence-electron chi connectivity index (χ3n) is 5.31. The van der Waals surface area contributed by atoms with E-state index in [0.717, 1.165) is 22.5 Å². The van der Waals surface area contributed by atoms with Crippen molar-refractivity contribution in [1.29, 1.82) is 0 Å². The minimum Gasteiger partial charge on any atom is -0.484 e. The molecule has 0 unspecified atom stereocenters. The second kappa shape index (κ2) is 11.4. The first-order valence-corrected chi connectivity index (χ1v) is 11.5. The number of carbonyl (C=O) groups is 2. The number of benzene rings is 3. The average Bonchev–Trinajstić information content (AvgIpc) is 3.31. The number of hydrogen-bond donors (Lipinski definition) is 1. The molecule has 4 aromatic rings. The Kier molecular flexibility index (Phi) is 7.80. The minimum absolute atomic E-state index is 0.128. The number of ether oxygens (including phenoxy) is 1. The van der Waals surface area contributed by atoms with Gasteiger partial charge in [0.05, 0.1) is 17.9 Å². The van der Waals surface area contributed by atoms with Gasteiger partial charge in [0.25, 0.3) is 5.91 Å². The molecule has 8 heteroatoms. The van der Waals surface area contributed by atoms with Crippen molar-refractivity contribution in [2.24, 2.45) is 0 Å². The van der Waals surface area contributed by atoms with Gasteiger partial charge in [-0.2, -0.15) is 5.10 Å². The Hall–Kier alpha value is -4.10. The minimum atomic E-state index is -0.366. The number of likely N-dealkylation sites (N-methyl/N-ethyl adjacent to an activating group) is 1. The highest BCUT2D eigenvalue weighted by Crippen LogP contribution is 2.26. The van der Waals surface area contributed by atoms with E-state index in [1.54, 1.807) is 28.8 Å². The van der Waals surface area contributed by atoms with E-state index in [4.69, 9.17) is 21.4 Å². The van der Waals surface area contributed by atoms with Crippen LogP contribution in [-0.2, 0) is 16.1 Å². The highest BCUT2D eigenvalue weighted by Gasteiger charge is 2.17. The van der Waals surface area contributed by atoms with Crippen LogP contribution in [0.25, 0.3) is 16.9 Å². The molecule has 0 radical (unpaired) electrons. The molecule has 2 amide bonds. The van der Waals surface area contributed by atoms with Crippen molar-refractivity contribution in [1.82, 2.24) is 20.0 Å². The molecule has 4 rings (SSSR count). The Morgan fingerprint density at radius 1 is 0.971 bits per heavy atom. The average molecular weight is 489 g/mol. The van der Waals surface area contributed by atoms with Crippen molar-refractivity contribution in [2.45, 2.75) is 6.54 Å². The molecule has 0 fully saturated rings. The summed E-state index contributed by atoms with van der Waals surface area (Å²) < 4.78 is 7.21. The van der Waals surface area contributed by atoms with Gasteiger partial charge in [0.2, 0.25) is 5.91 Å². The highest BCUT2D eigenvalue weighted by molar-refractivity contribution is 6.30. The van der Waals surface area contributed by atoms with Crippen LogP contribution in [0, 0.1) is 0 Å². The third-order valence-corrected chi connectivity index (χ3v) is 5.56. The zero-order chi connectivity index (χ0) is 24.6. The lowest BCUT2D eigenvalue weighted by Gasteiger charge is -2.17. The van der Waals surface area contributed by atoms with Crippen LogP contribution in [0.4, 0.5) is 0 Å². The lowest BCUT2D eigenvalue weighted by Crippen LogP contribution is -2.39. The van der Waals surface area contributed by atoms with Gasteiger partial charge >= 0.3 is 0 Å². The Labute approximate surface area is 208 Å². The summed E-state index contributed by atoms with van der Waals surface area (Å²) in [7, 11) is 1.69. The summed E-state index contributed by atoms with van der Waals surface area (Å²) in [5, 5.41) is 8.02. The molecule has 0 saturated carbocycles. The van der Waals surface area contributed by atoms with E-state index in [2.05, 4.69) is 5.32 Å². The Morgan fingerprint density at radius 3 is 2.31 bits per heavy atom. The van der Waals surface area contributed by atoms with Gasteiger partial charge in [-0.3, -0.25) is 9.59 Å². The van der Waals surface area contributed by atoms with Crippen molar-refractivity contribution >= 4 is 23.4 Å². The van der Waals surface area contributed by atoms with E-state index in [1.165, 1.54) is 0 Å². The van der Waals surface area contributed by atoms with Crippen LogP contribution in [0.3, 0.4) is 0 Å². The summed E-state index contributed by atoms with van der Waals surface area (Å²) in [6, 6.07) is 26.2. The van der Waals surface area contributed by atoms with Crippen LogP contribution < -0.4 is 10.1 Å². The second-order valence-electron chi connectivity index (χ2n) is 7.92. The van der Waals surface area contributed by atoms with Crippen LogP contribution in [0.15, 0.2) is 91.1 Å². The summed E-state index contributed by atoms with van der Waals surface area (Å²) in [5.74, 6) is -0.00168. The van der Waals surface area contributed by atoms with E-state index in [-0.39, 0.29) is 25.0 Å². The third kappa shape index (κ3) is 6.49. The standard InChI is InChI=1S/C27H25ClN4O3/c1-31(26(34)16-29-25(33)19-35-24-10-6-3-7-11-24)17-21-18-32(23-8-4-2-5-9-23)30-27(21)20-12-14-22(28)15-13-20/h2-15,18H,16-17,19H2,1H3,(H,29,33). The summed E-state index contributed by atoms with van der Waals surface area (Å²) in [5.41, 5.74) is 3.43. The molecule has 0 atom stereocenters. The van der Waals surface area contributed by atoms with Crippen molar-refractivity contribution < 1.29 is 14.3 Å². The van der Waals surface area contributed by atoms with Crippen LogP contribution in [0.5, 0.6) is 5.75 Å². The largest absolute Gasteiger partial charge is 0.484 e. The van der Waals surface area contributed by atoms with Gasteiger partial charge < -0.3 is 15.0 Å². The Bertz CT molecular complexity index is 1280. The lowest BCUT2D eigenvalue weighted by atomic mass is 10.1. The van der Waals surface area contributed by atoms with Crippen molar-refractivity contribution in [2.75, 3.05) is 20.2 Å². The van der Waals surface area contributed by atoms with Gasteiger partial charge in [-0.15, -0.1) is 0 Å². The first-order chi connectivity index (χ1) is 17.0. The number of carbonyl (C=O) groups excluding carboxylic acids is 2. The lowest BCUT2D eigenvalue weighted by molar-refractivity contribution is -0.132. The number of halogens is 1. The first-order valence-electron chi connectivity index (χ1n) is 11.1. The Morgan fingerprint density at radius 2 is 1.63 bits per heavy atom. The maximum Gasteiger partial charge on any atom is 0.258 e. The molecule has 0 aliphatic carbocycles. The predicted molar refractivity (Wildman–Crippen MR) is 135 cm³/mol. The van der Waals surface area contributed by atoms with Crippen LogP contribution >= 0.6 is 11.6 Å². The van der Waals surface area contributed by atoms with Crippen molar-refractivity contribution in [3.63, 3.8) is 0 Å². The zero-order valence-electron chi connectivity index (χ0n) is 19.2. The van der Waals surface area contributed by atoms with Crippen molar-refractivity contribution in [3.05, 3.63) is 102 Å². The Balaban J connectivity index is 1.42. The predicted octanol–water partition coefficient (Wildman–Crippen LogP) is 4.35. The molecule has 0 saturated heterocycles. The van der Waals surface area contributed by atoms with E-state index < -0.39 is 0 Å². The van der Waals surface area contributed by atoms with Gasteiger partial charge in [-0.1, -0.05) is 60.1 Å². The fourth-order valence-corrected chi connectivity index (χ4v) is 3.58. The van der Waals surface area contributed by atoms with E-state index in [0.29, 0.717) is 17.3 Å². The molecule has 178 valence electrons. The topological polar surface area (TPSA) is 76.5 Å². The monoisotopic (exact) mass is 488 g/mol. The smallest absolute Gasteiger partial charge is 0.258 e. The quantitative estimate of drug-likeness (QED) is 0.380. The van der Waals surface area contributed by atoms with Crippen molar-refractivity contribution in [3.8, 4) is 22.7 Å². The number of amides is 2. The molecule has 1 N–H and O–H groups in total. The SMILES string of the molecule is CN(Cc1cn(-c2ccccc2)nc1-c1ccc(Cl)cc1)C(=O)CNC(=O)COc1ccccc1. The maximum atomic E-state index is 12.7. The number of aromatic nitrogens is 2. The van der Waals surface area contributed by atoms with Crippen LogP contribution in [0.1, 0.15) is 5.56 Å². The molecule has 35 heavy (non-hydrogen) atoms. The molecule has 3 aromatic carbocycles. The van der Waals surface area contributed by atoms with E-state index >= 15 is 0 Å². The molecule has 0 aliphatic rings. The normalized spacial score (nSPS) is 10.6. The van der Waals surface area contributed by atoms with Gasteiger partial charge in [0.15, 0.2) is 6.61 Å². The molecule has 1 heterocycles. The van der Waals surface area contributed by atoms with Gasteiger partial charge in [-0.25, -0.2) is 4.68 Å². The van der Waals surface area contributed by atoms with Crippen LogP contribution in [0.2, 0.25) is 5.02 Å². The van der Waals surface area contributed by atoms with Gasteiger partial charge in [0, 0.05) is 35.9 Å². The molecule has 0 bridgehead atoms. The maximum absolute atomic E-state index is 12.7. The number of para-hydroxylation sites is 2. The molecule has 1 aromatic heterocycles. The van der Waals surface area contributed by atoms with Gasteiger partial charge in [-0.05, 0) is 36.4 Å². The second-order valence-corrected chi connectivity index (χ2v) is 8.35. The fraction of sp³-hybridized carbons (Fsp3) is 0.148. The van der Waals surface area contributed by atoms with E-state index in [1.807, 2.05) is 79.0 Å². The van der Waals surface area contributed by atoms with E-state index in [9.17, 15) is 9.59 Å². The fourth-order valence-electron chi connectivity index (χ4n) is 3.46. The molecular formula is C27H25ClN4O3. The molecule has 0 spiro atoms. The molecular weight excluding hydrogens is 464 g/mol. The number of nitrogens with zero attached hydrogens (tertiary/aromatic N) is 3. The highest BCUT2D eigenvalue weighted by atomic mass is 35.5. The first kappa shape index (κ1) is 24.0. The zero-order valence-corrected chi connectivity index (χ0v) is 20.0. The number of hydrogen-bond acceptors (Lipinski definition) is 4.